The van der Waals surface area contributed by atoms with Gasteiger partial charge in [0.1, 0.15) is 0 Å². The Balaban J connectivity index is 1.65. The number of rotatable bonds is 3. The number of hydrogen-bond acceptors (Lipinski definition) is 2. The monoisotopic (exact) mass is 262 g/mol. The van der Waals surface area contributed by atoms with E-state index in [-0.39, 0.29) is 0 Å². The summed E-state index contributed by atoms with van der Waals surface area (Å²) in [4.78, 5) is 0. The maximum atomic E-state index is 5.91. The molecule has 2 nitrogen and oxygen atoms in total. The highest BCUT2D eigenvalue weighted by Crippen LogP contribution is 2.44. The third-order valence-corrected chi connectivity index (χ3v) is 5.96. The minimum atomic E-state index is 0.475. The Hall–Kier alpha value is -0.340. The van der Waals surface area contributed by atoms with Crippen molar-refractivity contribution in [1.82, 2.24) is 5.43 Å². The lowest BCUT2D eigenvalue weighted by atomic mass is 9.65. The van der Waals surface area contributed by atoms with Crippen molar-refractivity contribution in [3.63, 3.8) is 0 Å². The molecule has 108 valence electrons. The van der Waals surface area contributed by atoms with Crippen LogP contribution in [-0.4, -0.2) is 6.04 Å². The average molecular weight is 262 g/mol. The fourth-order valence-corrected chi connectivity index (χ4v) is 4.90. The van der Waals surface area contributed by atoms with Crippen molar-refractivity contribution in [2.24, 2.45) is 23.6 Å². The Morgan fingerprint density at radius 3 is 2.58 bits per heavy atom. The molecule has 0 bridgehead atoms. The van der Waals surface area contributed by atoms with Crippen molar-refractivity contribution in [1.29, 1.82) is 0 Å². The molecule has 0 aromatic carbocycles. The molecule has 0 aromatic rings. The molecular formula is C17H30N2. The van der Waals surface area contributed by atoms with Crippen molar-refractivity contribution in [3.8, 4) is 0 Å². The Labute approximate surface area is 118 Å². The molecule has 2 heteroatoms. The van der Waals surface area contributed by atoms with Gasteiger partial charge in [-0.15, -0.1) is 0 Å². The van der Waals surface area contributed by atoms with Crippen molar-refractivity contribution < 1.29 is 0 Å². The molecule has 0 radical (unpaired) electrons. The van der Waals surface area contributed by atoms with Crippen LogP contribution in [0.1, 0.15) is 70.6 Å². The molecule has 3 N–H and O–H groups in total. The zero-order valence-electron chi connectivity index (χ0n) is 12.2. The highest BCUT2D eigenvalue weighted by Gasteiger charge is 2.36. The lowest BCUT2D eigenvalue weighted by Gasteiger charge is -2.42. The van der Waals surface area contributed by atoms with E-state index >= 15 is 0 Å². The molecule has 3 aliphatic rings. The van der Waals surface area contributed by atoms with Gasteiger partial charge in [0.2, 0.25) is 0 Å². The van der Waals surface area contributed by atoms with E-state index < -0.39 is 0 Å². The Morgan fingerprint density at radius 1 is 1.00 bits per heavy atom. The molecule has 0 heterocycles. The predicted octanol–water partition coefficient (Wildman–Crippen LogP) is 3.93. The van der Waals surface area contributed by atoms with Crippen molar-refractivity contribution >= 4 is 0 Å². The molecule has 3 aliphatic carbocycles. The summed E-state index contributed by atoms with van der Waals surface area (Å²) in [5.41, 5.74) is 4.79. The molecule has 2 saturated carbocycles. The molecule has 0 spiro atoms. The van der Waals surface area contributed by atoms with Crippen molar-refractivity contribution in [3.05, 3.63) is 11.6 Å². The van der Waals surface area contributed by atoms with Crippen LogP contribution in [0.25, 0.3) is 0 Å². The normalized spacial score (nSPS) is 37.3. The molecule has 2 fully saturated rings. The summed E-state index contributed by atoms with van der Waals surface area (Å²) < 4.78 is 0. The van der Waals surface area contributed by atoms with Gasteiger partial charge in [-0.2, -0.15) is 0 Å². The van der Waals surface area contributed by atoms with Gasteiger partial charge in [0.25, 0.3) is 0 Å². The van der Waals surface area contributed by atoms with Gasteiger partial charge in [0, 0.05) is 6.04 Å². The fraction of sp³-hybridized carbons (Fsp3) is 0.882. The number of nitrogens with two attached hydrogens (primary N) is 1. The first-order chi connectivity index (χ1) is 9.38. The number of hydrogen-bond donors (Lipinski definition) is 2. The number of hydrazine groups is 1. The summed E-state index contributed by atoms with van der Waals surface area (Å²) in [6.45, 7) is 0. The first-order valence-electron chi connectivity index (χ1n) is 8.53. The summed E-state index contributed by atoms with van der Waals surface area (Å²) in [5.74, 6) is 8.76. The summed E-state index contributed by atoms with van der Waals surface area (Å²) in [6, 6.07) is 0.475. The lowest BCUT2D eigenvalue weighted by Crippen LogP contribution is -2.45. The van der Waals surface area contributed by atoms with E-state index in [0.29, 0.717) is 6.04 Å². The minimum absolute atomic E-state index is 0.475. The maximum absolute atomic E-state index is 5.91. The van der Waals surface area contributed by atoms with E-state index in [1.54, 1.807) is 5.57 Å². The van der Waals surface area contributed by atoms with E-state index in [0.717, 1.165) is 17.8 Å². The highest BCUT2D eigenvalue weighted by atomic mass is 15.2. The average Bonchev–Trinajstić information content (AvgIpc) is 2.49. The zero-order chi connectivity index (χ0) is 13.1. The van der Waals surface area contributed by atoms with E-state index in [9.17, 15) is 0 Å². The summed E-state index contributed by atoms with van der Waals surface area (Å²) >= 11 is 0. The van der Waals surface area contributed by atoms with Crippen LogP contribution >= 0.6 is 0 Å². The molecular weight excluding hydrogens is 232 g/mol. The standard InChI is InChI=1S/C17H30N2/c18-19-17(14-7-2-1-3-8-14)16-11-10-13-6-4-5-9-15(13)12-16/h7,13,15-17,19H,1-6,8-12,18H2. The quantitative estimate of drug-likeness (QED) is 0.459. The number of fused-ring (bicyclic) bond motifs is 1. The van der Waals surface area contributed by atoms with Crippen LogP contribution < -0.4 is 11.3 Å². The van der Waals surface area contributed by atoms with Gasteiger partial charge in [-0.05, 0) is 62.7 Å². The maximum Gasteiger partial charge on any atom is 0.0448 e. The van der Waals surface area contributed by atoms with Gasteiger partial charge in [-0.25, -0.2) is 0 Å². The van der Waals surface area contributed by atoms with Gasteiger partial charge >= 0.3 is 0 Å². The van der Waals surface area contributed by atoms with E-state index in [4.69, 9.17) is 5.84 Å². The largest absolute Gasteiger partial charge is 0.271 e. The molecule has 19 heavy (non-hydrogen) atoms. The summed E-state index contributed by atoms with van der Waals surface area (Å²) in [6.07, 6.45) is 18.0. The van der Waals surface area contributed by atoms with Gasteiger partial charge in [-0.1, -0.05) is 37.3 Å². The molecule has 4 unspecified atom stereocenters. The van der Waals surface area contributed by atoms with Crippen molar-refractivity contribution in [2.75, 3.05) is 0 Å². The third-order valence-electron chi connectivity index (χ3n) is 5.96. The smallest absolute Gasteiger partial charge is 0.0448 e. The highest BCUT2D eigenvalue weighted by molar-refractivity contribution is 5.15. The first kappa shape index (κ1) is 13.6. The number of nitrogens with one attached hydrogen (secondary N) is 1. The van der Waals surface area contributed by atoms with E-state index in [2.05, 4.69) is 11.5 Å². The van der Waals surface area contributed by atoms with Crippen LogP contribution in [0.15, 0.2) is 11.6 Å². The third kappa shape index (κ3) is 3.05. The van der Waals surface area contributed by atoms with Crippen LogP contribution in [0, 0.1) is 17.8 Å². The van der Waals surface area contributed by atoms with E-state index in [1.807, 2.05) is 0 Å². The summed E-state index contributed by atoms with van der Waals surface area (Å²) in [5, 5.41) is 0. The Kier molecular flexibility index (Phi) is 4.60. The van der Waals surface area contributed by atoms with Gasteiger partial charge in [0.15, 0.2) is 0 Å². The molecule has 0 saturated heterocycles. The fourth-order valence-electron chi connectivity index (χ4n) is 4.90. The van der Waals surface area contributed by atoms with Gasteiger partial charge < -0.3 is 0 Å². The van der Waals surface area contributed by atoms with E-state index in [1.165, 1.54) is 70.6 Å². The molecule has 0 amide bonds. The van der Waals surface area contributed by atoms with Crippen LogP contribution in [0.4, 0.5) is 0 Å². The Bertz CT molecular complexity index is 323. The first-order valence-corrected chi connectivity index (χ1v) is 8.53. The minimum Gasteiger partial charge on any atom is -0.271 e. The van der Waals surface area contributed by atoms with Crippen molar-refractivity contribution in [2.45, 2.75) is 76.7 Å². The SMILES string of the molecule is NNC(C1=CCCCC1)C1CCC2CCCCC2C1. The van der Waals surface area contributed by atoms with Crippen LogP contribution in [-0.2, 0) is 0 Å². The predicted molar refractivity (Wildman–Crippen MR) is 80.5 cm³/mol. The van der Waals surface area contributed by atoms with Gasteiger partial charge in [-0.3, -0.25) is 11.3 Å². The second-order valence-electron chi connectivity index (χ2n) is 7.05. The summed E-state index contributed by atoms with van der Waals surface area (Å²) in [7, 11) is 0. The second kappa shape index (κ2) is 6.41. The van der Waals surface area contributed by atoms with Crippen LogP contribution in [0.2, 0.25) is 0 Å². The molecule has 3 rings (SSSR count). The molecule has 0 aromatic heterocycles. The topological polar surface area (TPSA) is 38.0 Å². The van der Waals surface area contributed by atoms with Crippen LogP contribution in [0.3, 0.4) is 0 Å². The molecule has 0 aliphatic heterocycles. The van der Waals surface area contributed by atoms with Gasteiger partial charge in [0.05, 0.1) is 0 Å². The number of allylic oxidation sites excluding steroid dienone is 1. The second-order valence-corrected chi connectivity index (χ2v) is 7.05. The Morgan fingerprint density at radius 2 is 1.84 bits per heavy atom. The van der Waals surface area contributed by atoms with Crippen LogP contribution in [0.5, 0.6) is 0 Å². The molecule has 4 atom stereocenters. The zero-order valence-corrected chi connectivity index (χ0v) is 12.2. The lowest BCUT2D eigenvalue weighted by molar-refractivity contribution is 0.115.